The minimum Gasteiger partial charge on any atom is -0.454 e. The van der Waals surface area contributed by atoms with Gasteiger partial charge in [-0.15, -0.1) is 0 Å². The van der Waals surface area contributed by atoms with Crippen LogP contribution in [0.3, 0.4) is 0 Å². The van der Waals surface area contributed by atoms with Crippen LogP contribution < -0.4 is 4.74 Å². The van der Waals surface area contributed by atoms with Crippen molar-refractivity contribution in [2.24, 2.45) is 0 Å². The molecule has 2 rings (SSSR count). The first-order valence-electron chi connectivity index (χ1n) is 5.33. The van der Waals surface area contributed by atoms with Gasteiger partial charge in [-0.2, -0.15) is 0 Å². The number of hydrogen-bond acceptors (Lipinski definition) is 2. The molecule has 2 nitrogen and oxygen atoms in total. The van der Waals surface area contributed by atoms with Crippen LogP contribution in [-0.2, 0) is 6.61 Å². The molecule has 0 aromatic heterocycles. The van der Waals surface area contributed by atoms with Gasteiger partial charge in [0.2, 0.25) is 0 Å². The van der Waals surface area contributed by atoms with Gasteiger partial charge in [-0.1, -0.05) is 24.3 Å². The van der Waals surface area contributed by atoms with Crippen LogP contribution in [0.1, 0.15) is 11.1 Å². The van der Waals surface area contributed by atoms with Crippen molar-refractivity contribution >= 4 is 0 Å². The highest BCUT2D eigenvalue weighted by Crippen LogP contribution is 2.27. The first-order chi connectivity index (χ1) is 8.20. The smallest absolute Gasteiger partial charge is 0.165 e. The van der Waals surface area contributed by atoms with Gasteiger partial charge in [0.25, 0.3) is 0 Å². The average molecular weight is 232 g/mol. The number of aliphatic hydroxyl groups is 1. The summed E-state index contributed by atoms with van der Waals surface area (Å²) in [6, 6.07) is 11.6. The molecule has 0 amide bonds. The Morgan fingerprint density at radius 2 is 1.88 bits per heavy atom. The summed E-state index contributed by atoms with van der Waals surface area (Å²) < 4.78 is 18.9. The molecule has 0 aliphatic rings. The van der Waals surface area contributed by atoms with Crippen LogP contribution in [0.4, 0.5) is 4.39 Å². The molecule has 0 unspecified atom stereocenters. The third kappa shape index (κ3) is 2.63. The van der Waals surface area contributed by atoms with Crippen LogP contribution in [0.2, 0.25) is 0 Å². The number of aryl methyl sites for hydroxylation is 1. The van der Waals surface area contributed by atoms with Gasteiger partial charge in [0.05, 0.1) is 6.61 Å². The van der Waals surface area contributed by atoms with E-state index >= 15 is 0 Å². The zero-order valence-corrected chi connectivity index (χ0v) is 9.48. The molecule has 88 valence electrons. The van der Waals surface area contributed by atoms with E-state index in [0.29, 0.717) is 5.75 Å². The second kappa shape index (κ2) is 4.97. The van der Waals surface area contributed by atoms with Gasteiger partial charge >= 0.3 is 0 Å². The Balaban J connectivity index is 2.28. The predicted molar refractivity (Wildman–Crippen MR) is 63.6 cm³/mol. The molecular formula is C14H13FO2. The molecule has 17 heavy (non-hydrogen) atoms. The van der Waals surface area contributed by atoms with Crippen LogP contribution in [0.25, 0.3) is 0 Å². The fraction of sp³-hybridized carbons (Fsp3) is 0.143. The zero-order chi connectivity index (χ0) is 12.3. The third-order valence-corrected chi connectivity index (χ3v) is 2.48. The summed E-state index contributed by atoms with van der Waals surface area (Å²) >= 11 is 0. The maximum atomic E-state index is 13.4. The number of aliphatic hydroxyl groups excluding tert-OH is 1. The van der Waals surface area contributed by atoms with E-state index in [2.05, 4.69) is 0 Å². The Morgan fingerprint density at radius 1 is 1.12 bits per heavy atom. The molecule has 3 heteroatoms. The van der Waals surface area contributed by atoms with E-state index in [1.807, 2.05) is 13.0 Å². The van der Waals surface area contributed by atoms with Gasteiger partial charge < -0.3 is 9.84 Å². The molecule has 0 saturated carbocycles. The normalized spacial score (nSPS) is 10.3. The lowest BCUT2D eigenvalue weighted by Crippen LogP contribution is -1.92. The Bertz CT molecular complexity index is 523. The van der Waals surface area contributed by atoms with Crippen LogP contribution in [0, 0.1) is 12.7 Å². The molecule has 1 N–H and O–H groups in total. The van der Waals surface area contributed by atoms with E-state index in [4.69, 9.17) is 9.84 Å². The molecule has 0 radical (unpaired) electrons. The second-order valence-corrected chi connectivity index (χ2v) is 3.79. The van der Waals surface area contributed by atoms with Gasteiger partial charge in [-0.25, -0.2) is 4.39 Å². The quantitative estimate of drug-likeness (QED) is 0.878. The lowest BCUT2D eigenvalue weighted by molar-refractivity contribution is 0.281. The van der Waals surface area contributed by atoms with Crippen molar-refractivity contribution in [2.75, 3.05) is 0 Å². The lowest BCUT2D eigenvalue weighted by atomic mass is 10.1. The van der Waals surface area contributed by atoms with Gasteiger partial charge in [-0.3, -0.25) is 0 Å². The molecule has 0 heterocycles. The molecule has 2 aromatic carbocycles. The van der Waals surface area contributed by atoms with Crippen LogP contribution in [0.5, 0.6) is 11.5 Å². The topological polar surface area (TPSA) is 29.5 Å². The minimum absolute atomic E-state index is 0.0131. The molecule has 0 aliphatic heterocycles. The number of hydrogen-bond donors (Lipinski definition) is 1. The first kappa shape index (κ1) is 11.6. The zero-order valence-electron chi connectivity index (χ0n) is 9.48. The Morgan fingerprint density at radius 3 is 2.53 bits per heavy atom. The lowest BCUT2D eigenvalue weighted by Gasteiger charge is -2.10. The third-order valence-electron chi connectivity index (χ3n) is 2.48. The van der Waals surface area contributed by atoms with E-state index in [1.54, 1.807) is 30.3 Å². The van der Waals surface area contributed by atoms with Crippen molar-refractivity contribution in [3.8, 4) is 11.5 Å². The number of benzene rings is 2. The number of rotatable bonds is 3. The van der Waals surface area contributed by atoms with Crippen molar-refractivity contribution in [1.29, 1.82) is 0 Å². The summed E-state index contributed by atoms with van der Waals surface area (Å²) in [5.41, 5.74) is 1.67. The first-order valence-corrected chi connectivity index (χ1v) is 5.33. The van der Waals surface area contributed by atoms with Crippen molar-refractivity contribution in [1.82, 2.24) is 0 Å². The number of ether oxygens (including phenoxy) is 1. The number of halogens is 1. The second-order valence-electron chi connectivity index (χ2n) is 3.79. The van der Waals surface area contributed by atoms with Gasteiger partial charge in [0, 0.05) is 0 Å². The summed E-state index contributed by atoms with van der Waals surface area (Å²) in [5.74, 6) is 0.401. The van der Waals surface area contributed by atoms with Crippen molar-refractivity contribution in [2.45, 2.75) is 13.5 Å². The summed E-state index contributed by atoms with van der Waals surface area (Å²) in [6.45, 7) is 1.84. The molecular weight excluding hydrogens is 219 g/mol. The van der Waals surface area contributed by atoms with Gasteiger partial charge in [-0.05, 0) is 36.2 Å². The monoisotopic (exact) mass is 232 g/mol. The maximum Gasteiger partial charge on any atom is 0.165 e. The van der Waals surface area contributed by atoms with Crippen molar-refractivity contribution < 1.29 is 14.2 Å². The summed E-state index contributed by atoms with van der Waals surface area (Å²) in [4.78, 5) is 0. The molecule has 2 aromatic rings. The highest BCUT2D eigenvalue weighted by atomic mass is 19.1. The average Bonchev–Trinajstić information content (AvgIpc) is 2.34. The summed E-state index contributed by atoms with van der Waals surface area (Å²) in [5, 5.41) is 8.99. The Hall–Kier alpha value is -1.87. The summed E-state index contributed by atoms with van der Waals surface area (Å²) in [7, 11) is 0. The highest BCUT2D eigenvalue weighted by molar-refractivity contribution is 5.39. The molecule has 0 saturated heterocycles. The van der Waals surface area contributed by atoms with E-state index in [1.165, 1.54) is 6.07 Å². The van der Waals surface area contributed by atoms with E-state index in [-0.39, 0.29) is 12.4 Å². The van der Waals surface area contributed by atoms with Crippen LogP contribution in [-0.4, -0.2) is 5.11 Å². The van der Waals surface area contributed by atoms with Crippen molar-refractivity contribution in [3.05, 3.63) is 59.4 Å². The molecule has 0 spiro atoms. The van der Waals surface area contributed by atoms with E-state index in [0.717, 1.165) is 11.1 Å². The molecule has 0 aliphatic carbocycles. The van der Waals surface area contributed by atoms with Gasteiger partial charge in [0.1, 0.15) is 5.75 Å². The SMILES string of the molecule is Cc1cc(CO)ccc1Oc1ccccc1F. The number of para-hydroxylation sites is 1. The molecule has 0 bridgehead atoms. The fourth-order valence-corrected chi connectivity index (χ4v) is 1.57. The van der Waals surface area contributed by atoms with Crippen LogP contribution in [0.15, 0.2) is 42.5 Å². The van der Waals surface area contributed by atoms with Crippen molar-refractivity contribution in [3.63, 3.8) is 0 Å². The predicted octanol–water partition coefficient (Wildman–Crippen LogP) is 3.42. The Labute approximate surface area is 99.3 Å². The van der Waals surface area contributed by atoms with Crippen LogP contribution >= 0.6 is 0 Å². The van der Waals surface area contributed by atoms with E-state index < -0.39 is 5.82 Å². The maximum absolute atomic E-state index is 13.4. The largest absolute Gasteiger partial charge is 0.454 e. The summed E-state index contributed by atoms with van der Waals surface area (Å²) in [6.07, 6.45) is 0. The Kier molecular flexibility index (Phi) is 3.40. The molecule has 0 atom stereocenters. The fourth-order valence-electron chi connectivity index (χ4n) is 1.57. The van der Waals surface area contributed by atoms with Gasteiger partial charge in [0.15, 0.2) is 11.6 Å². The minimum atomic E-state index is -0.391. The molecule has 0 fully saturated rings. The highest BCUT2D eigenvalue weighted by Gasteiger charge is 2.06. The van der Waals surface area contributed by atoms with E-state index in [9.17, 15) is 4.39 Å². The standard InChI is InChI=1S/C14H13FO2/c1-10-8-11(9-16)6-7-13(10)17-14-5-3-2-4-12(14)15/h2-8,16H,9H2,1H3.